The lowest BCUT2D eigenvalue weighted by Gasteiger charge is -2.36. The van der Waals surface area contributed by atoms with E-state index >= 15 is 0 Å². The molecular weight excluding hydrogens is 266 g/mol. The summed E-state index contributed by atoms with van der Waals surface area (Å²) in [4.78, 5) is 4.34. The molecule has 4 N–H and O–H groups in total. The molecule has 0 bridgehead atoms. The number of rotatable bonds is 4. The van der Waals surface area contributed by atoms with E-state index in [-0.39, 0.29) is 6.04 Å². The van der Waals surface area contributed by atoms with Crippen molar-refractivity contribution in [2.75, 3.05) is 13.2 Å². The first-order chi connectivity index (χ1) is 10.2. The Hall–Kier alpha value is -1.75. The first-order valence-corrected chi connectivity index (χ1v) is 7.67. The molecule has 5 nitrogen and oxygen atoms in total. The van der Waals surface area contributed by atoms with E-state index in [9.17, 15) is 5.11 Å². The van der Waals surface area contributed by atoms with Crippen molar-refractivity contribution < 1.29 is 9.84 Å². The largest absolute Gasteiger partial charge is 0.493 e. The zero-order valence-corrected chi connectivity index (χ0v) is 12.2. The molecule has 2 aliphatic rings. The predicted octanol–water partition coefficient (Wildman–Crippen LogP) is 1.72. The number of benzene rings is 1. The highest BCUT2D eigenvalue weighted by Gasteiger charge is 2.33. The van der Waals surface area contributed by atoms with Crippen molar-refractivity contribution >= 4 is 5.96 Å². The highest BCUT2D eigenvalue weighted by atomic mass is 16.5. The maximum Gasteiger partial charge on any atom is 0.189 e. The van der Waals surface area contributed by atoms with Crippen molar-refractivity contribution in [3.63, 3.8) is 0 Å². The summed E-state index contributed by atoms with van der Waals surface area (Å²) in [5.74, 6) is 1.36. The highest BCUT2D eigenvalue weighted by Crippen LogP contribution is 2.34. The van der Waals surface area contributed by atoms with Gasteiger partial charge in [0.15, 0.2) is 5.96 Å². The van der Waals surface area contributed by atoms with Gasteiger partial charge in [-0.1, -0.05) is 18.2 Å². The van der Waals surface area contributed by atoms with Crippen LogP contribution in [0.5, 0.6) is 5.75 Å². The average molecular weight is 289 g/mol. The van der Waals surface area contributed by atoms with Crippen molar-refractivity contribution in [3.05, 3.63) is 29.8 Å². The number of hydrogen-bond acceptors (Lipinski definition) is 3. The van der Waals surface area contributed by atoms with Crippen molar-refractivity contribution in [1.29, 1.82) is 0 Å². The Bertz CT molecular complexity index is 526. The van der Waals surface area contributed by atoms with Gasteiger partial charge in [-0.05, 0) is 31.7 Å². The summed E-state index contributed by atoms with van der Waals surface area (Å²) in [6, 6.07) is 8.14. The average Bonchev–Trinajstić information content (AvgIpc) is 2.46. The maximum absolute atomic E-state index is 10.0. The van der Waals surface area contributed by atoms with Gasteiger partial charge < -0.3 is 20.9 Å². The Morgan fingerprint density at radius 3 is 3.00 bits per heavy atom. The van der Waals surface area contributed by atoms with Crippen LogP contribution in [-0.4, -0.2) is 29.8 Å². The second-order valence-corrected chi connectivity index (χ2v) is 5.97. The van der Waals surface area contributed by atoms with Crippen LogP contribution in [0, 0.1) is 0 Å². The van der Waals surface area contributed by atoms with Gasteiger partial charge in [-0.25, -0.2) is 0 Å². The number of hydrogen-bond donors (Lipinski definition) is 3. The number of fused-ring (bicyclic) bond motifs is 1. The normalized spacial score (nSPS) is 23.7. The minimum Gasteiger partial charge on any atom is -0.493 e. The Morgan fingerprint density at radius 2 is 2.24 bits per heavy atom. The van der Waals surface area contributed by atoms with Crippen molar-refractivity contribution in [2.24, 2.45) is 10.7 Å². The van der Waals surface area contributed by atoms with Crippen LogP contribution in [-0.2, 0) is 0 Å². The van der Waals surface area contributed by atoms with Crippen molar-refractivity contribution in [3.8, 4) is 5.75 Å². The van der Waals surface area contributed by atoms with E-state index in [4.69, 9.17) is 10.5 Å². The molecule has 0 aromatic heterocycles. The fourth-order valence-corrected chi connectivity index (χ4v) is 2.94. The van der Waals surface area contributed by atoms with Crippen LogP contribution in [0.4, 0.5) is 0 Å². The molecule has 1 heterocycles. The number of nitrogens with one attached hydrogen (secondary N) is 1. The second kappa shape index (κ2) is 5.93. The van der Waals surface area contributed by atoms with E-state index in [1.165, 1.54) is 0 Å². The third-order valence-corrected chi connectivity index (χ3v) is 4.42. The zero-order chi connectivity index (χ0) is 14.7. The van der Waals surface area contributed by atoms with Gasteiger partial charge in [0.25, 0.3) is 0 Å². The van der Waals surface area contributed by atoms with Gasteiger partial charge in [0.2, 0.25) is 0 Å². The van der Waals surface area contributed by atoms with Gasteiger partial charge in [-0.2, -0.15) is 0 Å². The summed E-state index contributed by atoms with van der Waals surface area (Å²) in [7, 11) is 0. The predicted molar refractivity (Wildman–Crippen MR) is 82.3 cm³/mol. The lowest BCUT2D eigenvalue weighted by molar-refractivity contribution is -0.0377. The Labute approximate surface area is 125 Å². The molecule has 3 rings (SSSR count). The molecule has 21 heavy (non-hydrogen) atoms. The maximum atomic E-state index is 10.0. The SMILES string of the molecule is NC(=NCCC1(O)CCC1)NC1CCOc2ccccc21. The molecule has 1 atom stereocenters. The van der Waals surface area contributed by atoms with E-state index in [2.05, 4.69) is 16.4 Å². The standard InChI is InChI=1S/C16H23N3O2/c17-15(18-10-9-16(20)7-3-8-16)19-13-6-11-21-14-5-2-1-4-12(13)14/h1-2,4-5,13,20H,3,6-11H2,(H3,17,18,19). The van der Waals surface area contributed by atoms with E-state index < -0.39 is 5.60 Å². The van der Waals surface area contributed by atoms with Crippen molar-refractivity contribution in [2.45, 2.75) is 43.7 Å². The molecular formula is C16H23N3O2. The smallest absolute Gasteiger partial charge is 0.189 e. The van der Waals surface area contributed by atoms with E-state index in [1.807, 2.05) is 18.2 Å². The van der Waals surface area contributed by atoms with Crippen LogP contribution in [0.2, 0.25) is 0 Å². The molecule has 5 heteroatoms. The van der Waals surface area contributed by atoms with E-state index in [0.29, 0.717) is 25.5 Å². The molecule has 1 fully saturated rings. The fraction of sp³-hybridized carbons (Fsp3) is 0.562. The van der Waals surface area contributed by atoms with Gasteiger partial charge in [0.05, 0.1) is 18.2 Å². The lowest BCUT2D eigenvalue weighted by Crippen LogP contribution is -2.39. The number of guanidine groups is 1. The minimum absolute atomic E-state index is 0.144. The first-order valence-electron chi connectivity index (χ1n) is 7.67. The van der Waals surface area contributed by atoms with Crippen LogP contribution >= 0.6 is 0 Å². The Kier molecular flexibility index (Phi) is 4.01. The van der Waals surface area contributed by atoms with Gasteiger partial charge in [0, 0.05) is 18.5 Å². The second-order valence-electron chi connectivity index (χ2n) is 5.97. The van der Waals surface area contributed by atoms with Crippen molar-refractivity contribution in [1.82, 2.24) is 5.32 Å². The Morgan fingerprint density at radius 1 is 1.43 bits per heavy atom. The highest BCUT2D eigenvalue weighted by molar-refractivity contribution is 5.78. The third kappa shape index (κ3) is 3.29. The van der Waals surface area contributed by atoms with Crippen LogP contribution in [0.25, 0.3) is 0 Å². The van der Waals surface area contributed by atoms with E-state index in [0.717, 1.165) is 37.0 Å². The summed E-state index contributed by atoms with van der Waals surface area (Å²) in [5.41, 5.74) is 6.60. The fourth-order valence-electron chi connectivity index (χ4n) is 2.94. The molecule has 0 radical (unpaired) electrons. The molecule has 1 aromatic rings. The molecule has 114 valence electrons. The number of ether oxygens (including phenoxy) is 1. The summed E-state index contributed by atoms with van der Waals surface area (Å²) >= 11 is 0. The monoisotopic (exact) mass is 289 g/mol. The molecule has 1 aromatic carbocycles. The quantitative estimate of drug-likeness (QED) is 0.582. The molecule has 1 saturated carbocycles. The topological polar surface area (TPSA) is 79.9 Å². The molecule has 0 spiro atoms. The van der Waals surface area contributed by atoms with Crippen LogP contribution in [0.15, 0.2) is 29.3 Å². The molecule has 0 amide bonds. The van der Waals surface area contributed by atoms with Gasteiger partial charge in [0.1, 0.15) is 5.75 Å². The van der Waals surface area contributed by atoms with Gasteiger partial charge in [-0.3, -0.25) is 4.99 Å². The summed E-state index contributed by atoms with van der Waals surface area (Å²) < 4.78 is 5.63. The number of aliphatic hydroxyl groups is 1. The zero-order valence-electron chi connectivity index (χ0n) is 12.2. The number of nitrogens with zero attached hydrogens (tertiary/aromatic N) is 1. The molecule has 1 unspecified atom stereocenters. The van der Waals surface area contributed by atoms with Gasteiger partial charge in [-0.15, -0.1) is 0 Å². The minimum atomic E-state index is -0.491. The number of para-hydroxylation sites is 1. The number of nitrogens with two attached hydrogens (primary N) is 1. The van der Waals surface area contributed by atoms with Gasteiger partial charge >= 0.3 is 0 Å². The summed E-state index contributed by atoms with van der Waals surface area (Å²) in [5, 5.41) is 13.3. The molecule has 0 saturated heterocycles. The molecule has 1 aliphatic carbocycles. The van der Waals surface area contributed by atoms with Crippen LogP contribution < -0.4 is 15.8 Å². The molecule has 1 aliphatic heterocycles. The Balaban J connectivity index is 1.56. The third-order valence-electron chi connectivity index (χ3n) is 4.42. The lowest BCUT2D eigenvalue weighted by atomic mass is 9.78. The van der Waals surface area contributed by atoms with Crippen LogP contribution in [0.3, 0.4) is 0 Å². The van der Waals surface area contributed by atoms with Crippen LogP contribution in [0.1, 0.15) is 43.7 Å². The summed E-state index contributed by atoms with van der Waals surface area (Å²) in [6.07, 6.45) is 4.47. The first kappa shape index (κ1) is 14.2. The number of aliphatic imine (C=N–C) groups is 1. The summed E-state index contributed by atoms with van der Waals surface area (Å²) in [6.45, 7) is 1.25. The van der Waals surface area contributed by atoms with E-state index in [1.54, 1.807) is 0 Å².